The number of hydrogen-bond acceptors (Lipinski definition) is 3. The number of nitrogen functional groups attached to an aromatic ring is 2. The van der Waals surface area contributed by atoms with E-state index in [0.29, 0.717) is 11.5 Å². The average molecular weight is 316 g/mol. The van der Waals surface area contributed by atoms with Crippen molar-refractivity contribution in [3.05, 3.63) is 65.9 Å². The number of aryl methyl sites for hydroxylation is 1. The predicted molar refractivity (Wildman–Crippen MR) is 101 cm³/mol. The van der Waals surface area contributed by atoms with Crippen molar-refractivity contribution in [1.82, 2.24) is 9.55 Å². The average Bonchev–Trinajstić information content (AvgIpc) is 2.92. The molecule has 0 aliphatic rings. The first-order valence-electron chi connectivity index (χ1n) is 8.17. The van der Waals surface area contributed by atoms with Crippen molar-refractivity contribution in [1.29, 1.82) is 0 Å². The van der Waals surface area contributed by atoms with Crippen molar-refractivity contribution in [3.8, 4) is 0 Å². The van der Waals surface area contributed by atoms with Gasteiger partial charge in [-0.2, -0.15) is 0 Å². The molecule has 0 saturated heterocycles. The van der Waals surface area contributed by atoms with E-state index in [2.05, 4.69) is 58.9 Å². The zero-order valence-corrected chi connectivity index (χ0v) is 13.7. The van der Waals surface area contributed by atoms with Crippen LogP contribution >= 0.6 is 0 Å². The van der Waals surface area contributed by atoms with Gasteiger partial charge in [0.05, 0.1) is 5.69 Å². The number of aromatic nitrogens is 2. The molecule has 4 aromatic rings. The molecular weight excluding hydrogens is 296 g/mol. The minimum atomic E-state index is 0.399. The lowest BCUT2D eigenvalue weighted by atomic mass is 10.0. The van der Waals surface area contributed by atoms with E-state index in [0.717, 1.165) is 18.5 Å². The zero-order chi connectivity index (χ0) is 16.7. The summed E-state index contributed by atoms with van der Waals surface area (Å²) in [5, 5.41) is 2.57. The van der Waals surface area contributed by atoms with Gasteiger partial charge in [-0.15, -0.1) is 0 Å². The fourth-order valence-electron chi connectivity index (χ4n) is 3.46. The Morgan fingerprint density at radius 3 is 2.58 bits per heavy atom. The van der Waals surface area contributed by atoms with Crippen LogP contribution in [0.3, 0.4) is 0 Å². The molecule has 24 heavy (non-hydrogen) atoms. The standard InChI is InChI=1S/C20H20N4/c1-2-24-17-6-4-3-5-15(17)16-12-13(7-8-18(16)24)11-14-9-10-23-20(22)19(14)21/h3-10,12H,2,11,21H2,1H3,(H2,22,23). The Morgan fingerprint density at radius 2 is 1.75 bits per heavy atom. The second kappa shape index (κ2) is 5.57. The van der Waals surface area contributed by atoms with Gasteiger partial charge in [-0.25, -0.2) is 4.98 Å². The molecule has 2 heterocycles. The molecule has 0 aliphatic carbocycles. The van der Waals surface area contributed by atoms with Gasteiger partial charge in [0.15, 0.2) is 0 Å². The van der Waals surface area contributed by atoms with E-state index in [-0.39, 0.29) is 0 Å². The van der Waals surface area contributed by atoms with Crippen LogP contribution in [0.4, 0.5) is 11.5 Å². The maximum absolute atomic E-state index is 6.07. The number of pyridine rings is 1. The number of fused-ring (bicyclic) bond motifs is 3. The summed E-state index contributed by atoms with van der Waals surface area (Å²) in [5.41, 5.74) is 17.2. The van der Waals surface area contributed by atoms with Gasteiger partial charge >= 0.3 is 0 Å². The Bertz CT molecular complexity index is 1050. The molecule has 0 unspecified atom stereocenters. The summed E-state index contributed by atoms with van der Waals surface area (Å²) in [5.74, 6) is 0.399. The molecule has 4 N–H and O–H groups in total. The summed E-state index contributed by atoms with van der Waals surface area (Å²) in [4.78, 5) is 4.04. The third-order valence-corrected chi connectivity index (χ3v) is 4.66. The van der Waals surface area contributed by atoms with Crippen LogP contribution in [0.5, 0.6) is 0 Å². The first kappa shape index (κ1) is 14.6. The van der Waals surface area contributed by atoms with Crippen LogP contribution in [-0.4, -0.2) is 9.55 Å². The fraction of sp³-hybridized carbons (Fsp3) is 0.150. The quantitative estimate of drug-likeness (QED) is 0.601. The van der Waals surface area contributed by atoms with Crippen LogP contribution in [-0.2, 0) is 13.0 Å². The van der Waals surface area contributed by atoms with Crippen LogP contribution in [0.25, 0.3) is 21.8 Å². The Kier molecular flexibility index (Phi) is 3.38. The maximum atomic E-state index is 6.07. The summed E-state index contributed by atoms with van der Waals surface area (Å²) in [6.07, 6.45) is 2.46. The van der Waals surface area contributed by atoms with Crippen LogP contribution in [0.15, 0.2) is 54.7 Å². The number of nitrogens with two attached hydrogens (primary N) is 2. The normalized spacial score (nSPS) is 11.4. The molecule has 0 bridgehead atoms. The Labute approximate surface area is 140 Å². The van der Waals surface area contributed by atoms with E-state index in [9.17, 15) is 0 Å². The SMILES string of the molecule is CCn1c2ccccc2c2cc(Cc3ccnc(N)c3N)ccc21. The largest absolute Gasteiger partial charge is 0.396 e. The van der Waals surface area contributed by atoms with E-state index in [4.69, 9.17) is 11.5 Å². The van der Waals surface area contributed by atoms with Gasteiger partial charge in [-0.05, 0) is 48.7 Å². The second-order valence-corrected chi connectivity index (χ2v) is 6.06. The Balaban J connectivity index is 1.87. The first-order chi connectivity index (χ1) is 11.7. The second-order valence-electron chi connectivity index (χ2n) is 6.06. The van der Waals surface area contributed by atoms with Gasteiger partial charge in [0, 0.05) is 34.5 Å². The topological polar surface area (TPSA) is 69.9 Å². The summed E-state index contributed by atoms with van der Waals surface area (Å²) in [7, 11) is 0. The Morgan fingerprint density at radius 1 is 0.958 bits per heavy atom. The van der Waals surface area contributed by atoms with Gasteiger partial charge < -0.3 is 16.0 Å². The third-order valence-electron chi connectivity index (χ3n) is 4.66. The zero-order valence-electron chi connectivity index (χ0n) is 13.7. The van der Waals surface area contributed by atoms with Gasteiger partial charge in [0.2, 0.25) is 0 Å². The number of benzene rings is 2. The minimum absolute atomic E-state index is 0.399. The maximum Gasteiger partial charge on any atom is 0.146 e. The molecule has 4 rings (SSSR count). The van der Waals surface area contributed by atoms with E-state index >= 15 is 0 Å². The summed E-state index contributed by atoms with van der Waals surface area (Å²) in [6, 6.07) is 17.1. The highest BCUT2D eigenvalue weighted by atomic mass is 15.0. The lowest BCUT2D eigenvalue weighted by Gasteiger charge is -2.08. The predicted octanol–water partition coefficient (Wildman–Crippen LogP) is 3.96. The number of anilines is 2. The third kappa shape index (κ3) is 2.19. The molecule has 120 valence electrons. The summed E-state index contributed by atoms with van der Waals surface area (Å²) < 4.78 is 2.35. The van der Waals surface area contributed by atoms with Gasteiger partial charge in [-0.1, -0.05) is 24.3 Å². The van der Waals surface area contributed by atoms with Crippen LogP contribution < -0.4 is 11.5 Å². The number of nitrogens with zero attached hydrogens (tertiary/aromatic N) is 2. The van der Waals surface area contributed by atoms with Crippen molar-refractivity contribution in [2.24, 2.45) is 0 Å². The molecule has 0 fully saturated rings. The lowest BCUT2D eigenvalue weighted by Crippen LogP contribution is -2.02. The highest BCUT2D eigenvalue weighted by Gasteiger charge is 2.11. The first-order valence-corrected chi connectivity index (χ1v) is 8.17. The highest BCUT2D eigenvalue weighted by molar-refractivity contribution is 6.08. The minimum Gasteiger partial charge on any atom is -0.396 e. The number of rotatable bonds is 3. The van der Waals surface area contributed by atoms with Gasteiger partial charge in [0.25, 0.3) is 0 Å². The smallest absolute Gasteiger partial charge is 0.146 e. The van der Waals surface area contributed by atoms with Crippen molar-refractivity contribution in [2.75, 3.05) is 11.5 Å². The molecule has 0 radical (unpaired) electrons. The number of para-hydroxylation sites is 1. The van der Waals surface area contributed by atoms with Crippen molar-refractivity contribution in [2.45, 2.75) is 19.9 Å². The molecule has 0 spiro atoms. The van der Waals surface area contributed by atoms with Gasteiger partial charge in [0.1, 0.15) is 5.82 Å². The van der Waals surface area contributed by atoms with Crippen LogP contribution in [0.1, 0.15) is 18.1 Å². The van der Waals surface area contributed by atoms with E-state index in [1.165, 1.54) is 27.4 Å². The number of hydrogen-bond donors (Lipinski definition) is 2. The molecular formula is C20H20N4. The van der Waals surface area contributed by atoms with Crippen LogP contribution in [0, 0.1) is 0 Å². The molecule has 2 aromatic carbocycles. The lowest BCUT2D eigenvalue weighted by molar-refractivity contribution is 0.827. The monoisotopic (exact) mass is 316 g/mol. The highest BCUT2D eigenvalue weighted by Crippen LogP contribution is 2.30. The molecule has 0 amide bonds. The molecule has 4 nitrogen and oxygen atoms in total. The van der Waals surface area contributed by atoms with Crippen molar-refractivity contribution >= 4 is 33.3 Å². The van der Waals surface area contributed by atoms with E-state index < -0.39 is 0 Å². The molecule has 2 aromatic heterocycles. The van der Waals surface area contributed by atoms with E-state index in [1.54, 1.807) is 6.20 Å². The molecule has 0 atom stereocenters. The van der Waals surface area contributed by atoms with E-state index in [1.807, 2.05) is 6.07 Å². The van der Waals surface area contributed by atoms with Crippen molar-refractivity contribution < 1.29 is 0 Å². The fourth-order valence-corrected chi connectivity index (χ4v) is 3.46. The van der Waals surface area contributed by atoms with Crippen molar-refractivity contribution in [3.63, 3.8) is 0 Å². The van der Waals surface area contributed by atoms with Gasteiger partial charge in [-0.3, -0.25) is 0 Å². The Hall–Kier alpha value is -3.01. The van der Waals surface area contributed by atoms with Crippen LogP contribution in [0.2, 0.25) is 0 Å². The molecule has 0 saturated carbocycles. The summed E-state index contributed by atoms with van der Waals surface area (Å²) >= 11 is 0. The summed E-state index contributed by atoms with van der Waals surface area (Å²) in [6.45, 7) is 3.14. The molecule has 0 aliphatic heterocycles. The molecule has 4 heteroatoms.